The third-order valence-electron chi connectivity index (χ3n) is 7.71. The molecular formula is C33H27N3O3S. The number of nitrogens with zero attached hydrogens (tertiary/aromatic N) is 1. The van der Waals surface area contributed by atoms with Crippen LogP contribution in [0.5, 0.6) is 5.75 Å². The van der Waals surface area contributed by atoms with Crippen LogP contribution in [0.3, 0.4) is 0 Å². The summed E-state index contributed by atoms with van der Waals surface area (Å²) in [6.07, 6.45) is 1.15. The number of aromatic amines is 1. The summed E-state index contributed by atoms with van der Waals surface area (Å²) in [5.74, 6) is 1.11. The van der Waals surface area contributed by atoms with Gasteiger partial charge in [-0.3, -0.25) is 14.7 Å². The number of H-pyrrole nitrogens is 1. The van der Waals surface area contributed by atoms with Crippen molar-refractivity contribution in [2.24, 2.45) is 0 Å². The number of rotatable bonds is 6. The Hall–Kier alpha value is -4.62. The largest absolute Gasteiger partial charge is 0.489 e. The summed E-state index contributed by atoms with van der Waals surface area (Å²) in [5.41, 5.74) is 4.69. The van der Waals surface area contributed by atoms with E-state index in [-0.39, 0.29) is 17.3 Å². The van der Waals surface area contributed by atoms with Gasteiger partial charge in [-0.1, -0.05) is 66.7 Å². The Labute approximate surface area is 235 Å². The molecule has 40 heavy (non-hydrogen) atoms. The van der Waals surface area contributed by atoms with Gasteiger partial charge in [-0.05, 0) is 53.3 Å². The van der Waals surface area contributed by atoms with Crippen LogP contribution in [0.2, 0.25) is 0 Å². The SMILES string of the molecule is O=C1C[C@H](c2cccs2)CC2=C1[C@@H](c1ccc(OCc3ccccc3)cc1)c1c([nH]n(-c3ccccc3)c1=O)N2. The first-order valence-corrected chi connectivity index (χ1v) is 14.3. The molecule has 5 aromatic rings. The number of anilines is 1. The van der Waals surface area contributed by atoms with Gasteiger partial charge in [0.1, 0.15) is 18.2 Å². The van der Waals surface area contributed by atoms with E-state index in [1.54, 1.807) is 16.0 Å². The zero-order valence-corrected chi connectivity index (χ0v) is 22.5. The number of thiophene rings is 1. The second-order valence-electron chi connectivity index (χ2n) is 10.2. The van der Waals surface area contributed by atoms with Crippen LogP contribution in [0.4, 0.5) is 5.82 Å². The molecular weight excluding hydrogens is 518 g/mol. The van der Waals surface area contributed by atoms with E-state index in [1.165, 1.54) is 4.88 Å². The number of hydrogen-bond acceptors (Lipinski definition) is 5. The summed E-state index contributed by atoms with van der Waals surface area (Å²) in [6, 6.07) is 31.4. The standard InChI is InChI=1S/C33H27N3O3S/c37-27-19-23(28-12-7-17-40-28)18-26-30(27)29(22-13-15-25(16-14-22)39-20-21-8-3-1-4-9-21)31-32(34-26)35-36(33(31)38)24-10-5-2-6-11-24/h1-17,23,29,34-35H,18-20H2/t23-,29-/m1/s1. The molecule has 3 heterocycles. The van der Waals surface area contributed by atoms with Crippen LogP contribution in [0.25, 0.3) is 5.69 Å². The molecule has 2 aromatic heterocycles. The van der Waals surface area contributed by atoms with Crippen molar-refractivity contribution in [3.63, 3.8) is 0 Å². The number of para-hydroxylation sites is 1. The molecule has 198 valence electrons. The molecule has 0 unspecified atom stereocenters. The Balaban J connectivity index is 1.28. The molecule has 7 heteroatoms. The van der Waals surface area contributed by atoms with Gasteiger partial charge in [-0.15, -0.1) is 11.3 Å². The van der Waals surface area contributed by atoms with Crippen molar-refractivity contribution in [1.82, 2.24) is 9.78 Å². The quantitative estimate of drug-likeness (QED) is 0.247. The maximum absolute atomic E-state index is 13.9. The normalized spacial score (nSPS) is 18.1. The fourth-order valence-electron chi connectivity index (χ4n) is 5.81. The molecule has 0 saturated carbocycles. The van der Waals surface area contributed by atoms with E-state index in [0.717, 1.165) is 28.3 Å². The van der Waals surface area contributed by atoms with Crippen LogP contribution in [0.15, 0.2) is 119 Å². The number of benzene rings is 3. The maximum Gasteiger partial charge on any atom is 0.277 e. The number of carbonyl (C=O) groups is 1. The molecule has 0 spiro atoms. The first kappa shape index (κ1) is 24.4. The van der Waals surface area contributed by atoms with Gasteiger partial charge in [0.15, 0.2) is 5.78 Å². The maximum atomic E-state index is 13.9. The monoisotopic (exact) mass is 545 g/mol. The van der Waals surface area contributed by atoms with Crippen molar-refractivity contribution in [3.8, 4) is 11.4 Å². The number of allylic oxidation sites excluding steroid dienone is 2. The van der Waals surface area contributed by atoms with E-state index >= 15 is 0 Å². The topological polar surface area (TPSA) is 76.1 Å². The summed E-state index contributed by atoms with van der Waals surface area (Å²) in [5, 5.41) is 8.81. The third-order valence-corrected chi connectivity index (χ3v) is 8.74. The van der Waals surface area contributed by atoms with Crippen molar-refractivity contribution in [2.75, 3.05) is 5.32 Å². The molecule has 3 aromatic carbocycles. The molecule has 0 amide bonds. The Morgan fingerprint density at radius 3 is 2.33 bits per heavy atom. The summed E-state index contributed by atoms with van der Waals surface area (Å²) in [6.45, 7) is 0.467. The van der Waals surface area contributed by atoms with Crippen molar-refractivity contribution >= 4 is 22.9 Å². The number of ether oxygens (including phenoxy) is 1. The minimum absolute atomic E-state index is 0.0825. The lowest BCUT2D eigenvalue weighted by Gasteiger charge is -2.34. The highest BCUT2D eigenvalue weighted by Gasteiger charge is 2.41. The molecule has 2 N–H and O–H groups in total. The minimum Gasteiger partial charge on any atom is -0.489 e. The number of fused-ring (bicyclic) bond motifs is 1. The first-order valence-electron chi connectivity index (χ1n) is 13.4. The Bertz CT molecular complexity index is 1750. The molecule has 1 aliphatic heterocycles. The zero-order chi connectivity index (χ0) is 27.1. The molecule has 0 fully saturated rings. The molecule has 6 nitrogen and oxygen atoms in total. The summed E-state index contributed by atoms with van der Waals surface area (Å²) < 4.78 is 7.57. The number of hydrogen-bond donors (Lipinski definition) is 2. The highest BCUT2D eigenvalue weighted by atomic mass is 32.1. The predicted molar refractivity (Wildman–Crippen MR) is 157 cm³/mol. The van der Waals surface area contributed by atoms with Gasteiger partial charge in [0, 0.05) is 34.4 Å². The van der Waals surface area contributed by atoms with Gasteiger partial charge in [0.25, 0.3) is 5.56 Å². The van der Waals surface area contributed by atoms with Crippen LogP contribution in [-0.2, 0) is 11.4 Å². The van der Waals surface area contributed by atoms with Crippen molar-refractivity contribution in [2.45, 2.75) is 31.3 Å². The van der Waals surface area contributed by atoms with E-state index in [0.29, 0.717) is 36.4 Å². The summed E-state index contributed by atoms with van der Waals surface area (Å²) in [4.78, 5) is 28.9. The lowest BCUT2D eigenvalue weighted by atomic mass is 9.74. The van der Waals surface area contributed by atoms with Crippen LogP contribution < -0.4 is 15.6 Å². The molecule has 0 bridgehead atoms. The molecule has 1 aliphatic carbocycles. The number of carbonyl (C=O) groups excluding carboxylic acids is 1. The number of aromatic nitrogens is 2. The van der Waals surface area contributed by atoms with Gasteiger partial charge < -0.3 is 10.1 Å². The Morgan fingerprint density at radius 2 is 1.60 bits per heavy atom. The molecule has 2 aliphatic rings. The van der Waals surface area contributed by atoms with Crippen LogP contribution in [-0.4, -0.2) is 15.6 Å². The van der Waals surface area contributed by atoms with Gasteiger partial charge >= 0.3 is 0 Å². The average Bonchev–Trinajstić information content (AvgIpc) is 3.65. The fourth-order valence-corrected chi connectivity index (χ4v) is 6.64. The summed E-state index contributed by atoms with van der Waals surface area (Å²) in [7, 11) is 0. The lowest BCUT2D eigenvalue weighted by Crippen LogP contribution is -2.31. The second-order valence-corrected chi connectivity index (χ2v) is 11.2. The van der Waals surface area contributed by atoms with Gasteiger partial charge in [0.05, 0.1) is 11.3 Å². The van der Waals surface area contributed by atoms with Crippen molar-refractivity contribution < 1.29 is 9.53 Å². The first-order chi connectivity index (χ1) is 19.7. The minimum atomic E-state index is -0.472. The van der Waals surface area contributed by atoms with Crippen molar-refractivity contribution in [3.05, 3.63) is 146 Å². The zero-order valence-electron chi connectivity index (χ0n) is 21.7. The smallest absolute Gasteiger partial charge is 0.277 e. The van der Waals surface area contributed by atoms with Gasteiger partial charge in [-0.25, -0.2) is 4.68 Å². The van der Waals surface area contributed by atoms with E-state index in [9.17, 15) is 9.59 Å². The number of ketones is 1. The van der Waals surface area contributed by atoms with E-state index < -0.39 is 5.92 Å². The highest BCUT2D eigenvalue weighted by Crippen LogP contribution is 2.47. The van der Waals surface area contributed by atoms with E-state index in [2.05, 4.69) is 21.9 Å². The average molecular weight is 546 g/mol. The number of Topliss-reactive ketones (excluding diaryl/α,β-unsaturated/α-hetero) is 1. The fraction of sp³-hybridized carbons (Fsp3) is 0.152. The van der Waals surface area contributed by atoms with Crippen LogP contribution >= 0.6 is 11.3 Å². The van der Waals surface area contributed by atoms with Gasteiger partial charge in [0.2, 0.25) is 0 Å². The Morgan fingerprint density at radius 1 is 0.850 bits per heavy atom. The molecule has 2 atom stereocenters. The molecule has 0 saturated heterocycles. The number of nitrogens with one attached hydrogen (secondary N) is 2. The summed E-state index contributed by atoms with van der Waals surface area (Å²) >= 11 is 1.68. The van der Waals surface area contributed by atoms with E-state index in [1.807, 2.05) is 91.0 Å². The third kappa shape index (κ3) is 4.38. The van der Waals surface area contributed by atoms with Crippen molar-refractivity contribution in [1.29, 1.82) is 0 Å². The van der Waals surface area contributed by atoms with Crippen LogP contribution in [0.1, 0.15) is 46.2 Å². The lowest BCUT2D eigenvalue weighted by molar-refractivity contribution is -0.116. The highest BCUT2D eigenvalue weighted by molar-refractivity contribution is 7.10. The van der Waals surface area contributed by atoms with E-state index in [4.69, 9.17) is 4.74 Å². The van der Waals surface area contributed by atoms with Crippen LogP contribution in [0, 0.1) is 0 Å². The Kier molecular flexibility index (Phi) is 6.21. The second kappa shape index (κ2) is 10.2. The molecule has 7 rings (SSSR count). The van der Waals surface area contributed by atoms with Gasteiger partial charge in [-0.2, -0.15) is 0 Å². The predicted octanol–water partition coefficient (Wildman–Crippen LogP) is 6.76. The molecule has 0 radical (unpaired) electrons.